The summed E-state index contributed by atoms with van der Waals surface area (Å²) in [5.74, 6) is 1.88. The number of pyridine rings is 1. The molecule has 4 atom stereocenters. The van der Waals surface area contributed by atoms with Gasteiger partial charge in [0.25, 0.3) is 0 Å². The first-order chi connectivity index (χ1) is 21.5. The normalized spacial score (nSPS) is 26.4. The SMILES string of the molecule is C#Cc1c(F)ccc2cccc(-c3ncc4c(N5CC6CCC(C5)N6)nc(OC[C@@]56CCCN5[C@H](CO)CC6)nc4c3F)c12. The number of aliphatic hydroxyl groups excluding tert-OH is 1. The molecular formula is C34H34F2N6O2. The second-order valence-corrected chi connectivity index (χ2v) is 12.7. The average Bonchev–Trinajstić information content (AvgIpc) is 3.72. The summed E-state index contributed by atoms with van der Waals surface area (Å²) in [6, 6.07) is 9.21. The fourth-order valence-corrected chi connectivity index (χ4v) is 8.18. The largest absolute Gasteiger partial charge is 0.461 e. The minimum absolute atomic E-state index is 0.0447. The van der Waals surface area contributed by atoms with E-state index in [-0.39, 0.29) is 41.0 Å². The van der Waals surface area contributed by atoms with E-state index >= 15 is 4.39 Å². The summed E-state index contributed by atoms with van der Waals surface area (Å²) in [7, 11) is 0. The number of ether oxygens (including phenoxy) is 1. The van der Waals surface area contributed by atoms with Gasteiger partial charge >= 0.3 is 6.01 Å². The molecule has 6 heterocycles. The quantitative estimate of drug-likeness (QED) is 0.317. The van der Waals surface area contributed by atoms with Crippen molar-refractivity contribution in [2.75, 3.05) is 37.7 Å². The van der Waals surface area contributed by atoms with Crippen LogP contribution in [0.15, 0.2) is 36.5 Å². The second kappa shape index (κ2) is 10.6. The summed E-state index contributed by atoms with van der Waals surface area (Å²) < 4.78 is 37.9. The Morgan fingerprint density at radius 2 is 1.93 bits per heavy atom. The fraction of sp³-hybridized carbons (Fsp3) is 0.441. The molecule has 2 N–H and O–H groups in total. The van der Waals surface area contributed by atoms with E-state index in [2.05, 4.69) is 31.0 Å². The van der Waals surface area contributed by atoms with Gasteiger partial charge in [0.1, 0.15) is 29.5 Å². The van der Waals surface area contributed by atoms with Crippen LogP contribution in [0.1, 0.15) is 44.1 Å². The Bertz CT molecular complexity index is 1820. The monoisotopic (exact) mass is 596 g/mol. The Morgan fingerprint density at radius 3 is 2.73 bits per heavy atom. The third-order valence-corrected chi connectivity index (χ3v) is 10.3. The number of aliphatic hydroxyl groups is 1. The van der Waals surface area contributed by atoms with Gasteiger partial charge in [-0.05, 0) is 56.5 Å². The number of aromatic nitrogens is 3. The van der Waals surface area contributed by atoms with Gasteiger partial charge in [0.05, 0.1) is 23.1 Å². The number of terminal acetylenes is 1. The third kappa shape index (κ3) is 4.32. The lowest BCUT2D eigenvalue weighted by Crippen LogP contribution is -2.51. The highest BCUT2D eigenvalue weighted by atomic mass is 19.1. The van der Waals surface area contributed by atoms with Gasteiger partial charge in [0, 0.05) is 48.4 Å². The predicted octanol–water partition coefficient (Wildman–Crippen LogP) is 4.41. The minimum atomic E-state index is -0.629. The Kier molecular flexibility index (Phi) is 6.67. The Hall–Kier alpha value is -3.91. The number of rotatable bonds is 6. The number of hydrogen-bond donors (Lipinski definition) is 2. The summed E-state index contributed by atoms with van der Waals surface area (Å²) in [6.07, 6.45) is 13.4. The van der Waals surface area contributed by atoms with Gasteiger partial charge in [-0.25, -0.2) is 8.78 Å². The average molecular weight is 597 g/mol. The maximum atomic E-state index is 16.7. The molecule has 2 aromatic heterocycles. The second-order valence-electron chi connectivity index (χ2n) is 12.7. The topological polar surface area (TPSA) is 86.6 Å². The van der Waals surface area contributed by atoms with E-state index in [4.69, 9.17) is 16.1 Å². The van der Waals surface area contributed by atoms with Gasteiger partial charge in [-0.2, -0.15) is 9.97 Å². The van der Waals surface area contributed by atoms with E-state index in [1.165, 1.54) is 6.07 Å². The molecule has 10 heteroatoms. The molecule has 2 aromatic carbocycles. The molecule has 4 fully saturated rings. The molecule has 8 nitrogen and oxygen atoms in total. The lowest BCUT2D eigenvalue weighted by atomic mass is 9.95. The van der Waals surface area contributed by atoms with Crippen molar-refractivity contribution < 1.29 is 18.6 Å². The molecule has 44 heavy (non-hydrogen) atoms. The molecule has 2 unspecified atom stereocenters. The van der Waals surface area contributed by atoms with Crippen LogP contribution in [0, 0.1) is 24.0 Å². The fourth-order valence-electron chi connectivity index (χ4n) is 8.18. The van der Waals surface area contributed by atoms with Crippen LogP contribution in [0.2, 0.25) is 0 Å². The van der Waals surface area contributed by atoms with Crippen LogP contribution in [0.4, 0.5) is 14.6 Å². The third-order valence-electron chi connectivity index (χ3n) is 10.3. The van der Waals surface area contributed by atoms with Gasteiger partial charge in [0.15, 0.2) is 5.82 Å². The van der Waals surface area contributed by atoms with Crippen molar-refractivity contribution in [1.29, 1.82) is 0 Å². The molecule has 0 saturated carbocycles. The molecule has 4 aromatic rings. The van der Waals surface area contributed by atoms with Crippen LogP contribution in [-0.2, 0) is 0 Å². The van der Waals surface area contributed by atoms with Gasteiger partial charge < -0.3 is 20.1 Å². The van der Waals surface area contributed by atoms with Gasteiger partial charge in [0.2, 0.25) is 0 Å². The molecule has 4 aliphatic rings. The van der Waals surface area contributed by atoms with E-state index in [1.807, 2.05) is 6.07 Å². The number of halogens is 2. The number of nitrogens with zero attached hydrogens (tertiary/aromatic N) is 5. The van der Waals surface area contributed by atoms with Gasteiger partial charge in [-0.1, -0.05) is 30.2 Å². The lowest BCUT2D eigenvalue weighted by Gasteiger charge is -2.35. The molecule has 0 spiro atoms. The van der Waals surface area contributed by atoms with Crippen LogP contribution < -0.4 is 15.0 Å². The van der Waals surface area contributed by atoms with E-state index in [0.29, 0.717) is 46.2 Å². The molecule has 226 valence electrons. The summed E-state index contributed by atoms with van der Waals surface area (Å²) in [5, 5.41) is 15.2. The summed E-state index contributed by atoms with van der Waals surface area (Å²) >= 11 is 0. The molecule has 0 radical (unpaired) electrons. The zero-order valence-corrected chi connectivity index (χ0v) is 24.4. The van der Waals surface area contributed by atoms with Crippen molar-refractivity contribution in [2.24, 2.45) is 0 Å². The first kappa shape index (κ1) is 27.6. The molecule has 2 bridgehead atoms. The van der Waals surface area contributed by atoms with Crippen LogP contribution in [-0.4, -0.2) is 81.5 Å². The summed E-state index contributed by atoms with van der Waals surface area (Å²) in [5.41, 5.74) is 0.445. The maximum Gasteiger partial charge on any atom is 0.319 e. The minimum Gasteiger partial charge on any atom is -0.461 e. The number of hydrogen-bond acceptors (Lipinski definition) is 8. The first-order valence-corrected chi connectivity index (χ1v) is 15.5. The zero-order valence-electron chi connectivity index (χ0n) is 24.4. The first-order valence-electron chi connectivity index (χ1n) is 15.5. The lowest BCUT2D eigenvalue weighted by molar-refractivity contribution is 0.0644. The molecule has 4 saturated heterocycles. The number of anilines is 1. The van der Waals surface area contributed by atoms with Crippen molar-refractivity contribution in [2.45, 2.75) is 62.2 Å². The Labute approximate surface area is 254 Å². The number of nitrogens with one attached hydrogen (secondary N) is 1. The van der Waals surface area contributed by atoms with Crippen molar-refractivity contribution in [3.8, 4) is 29.6 Å². The number of fused-ring (bicyclic) bond motifs is 5. The van der Waals surface area contributed by atoms with Crippen molar-refractivity contribution in [3.63, 3.8) is 0 Å². The molecular weight excluding hydrogens is 562 g/mol. The van der Waals surface area contributed by atoms with Gasteiger partial charge in [-0.3, -0.25) is 9.88 Å². The predicted molar refractivity (Wildman–Crippen MR) is 165 cm³/mol. The number of piperazine rings is 1. The van der Waals surface area contributed by atoms with Crippen molar-refractivity contribution in [1.82, 2.24) is 25.2 Å². The van der Waals surface area contributed by atoms with E-state index in [9.17, 15) is 9.50 Å². The summed E-state index contributed by atoms with van der Waals surface area (Å²) in [4.78, 5) is 18.7. The van der Waals surface area contributed by atoms with E-state index < -0.39 is 11.6 Å². The Morgan fingerprint density at radius 1 is 1.09 bits per heavy atom. The molecule has 0 amide bonds. The van der Waals surface area contributed by atoms with E-state index in [1.54, 1.807) is 24.4 Å². The molecule has 4 aliphatic heterocycles. The van der Waals surface area contributed by atoms with Crippen LogP contribution in [0.5, 0.6) is 6.01 Å². The summed E-state index contributed by atoms with van der Waals surface area (Å²) in [6.45, 7) is 2.92. The Balaban J connectivity index is 1.25. The van der Waals surface area contributed by atoms with Crippen molar-refractivity contribution in [3.05, 3.63) is 53.7 Å². The highest BCUT2D eigenvalue weighted by molar-refractivity contribution is 6.02. The highest BCUT2D eigenvalue weighted by Crippen LogP contribution is 2.43. The zero-order chi connectivity index (χ0) is 30.0. The maximum absolute atomic E-state index is 16.7. The van der Waals surface area contributed by atoms with Gasteiger partial charge in [-0.15, -0.1) is 6.42 Å². The van der Waals surface area contributed by atoms with Crippen LogP contribution >= 0.6 is 0 Å². The van der Waals surface area contributed by atoms with Crippen molar-refractivity contribution >= 4 is 27.5 Å². The highest BCUT2D eigenvalue weighted by Gasteiger charge is 2.49. The van der Waals surface area contributed by atoms with Crippen LogP contribution in [0.3, 0.4) is 0 Å². The van der Waals surface area contributed by atoms with Crippen LogP contribution in [0.25, 0.3) is 32.9 Å². The number of benzene rings is 2. The standard InChI is InChI=1S/C34H34F2N6O2/c1-2-24-27(35)10-7-20-5-3-6-25(28(20)24)30-29(36)31-26(15-37-30)32(41-16-21-8-9-22(17-41)38-21)40-33(39-31)44-19-34-12-4-14-42(34)23(18-43)11-13-34/h1,3,5-7,10,15,21-23,38,43H,4,8-9,11-14,16-19H2/t21?,22?,23-,34-/m0/s1. The molecule has 0 aliphatic carbocycles. The smallest absolute Gasteiger partial charge is 0.319 e. The molecule has 8 rings (SSSR count). The van der Waals surface area contributed by atoms with E-state index in [0.717, 1.165) is 58.2 Å².